The van der Waals surface area contributed by atoms with E-state index >= 15 is 0 Å². The molecule has 1 amide bonds. The number of carbonyl (C=O) groups is 1. The van der Waals surface area contributed by atoms with Gasteiger partial charge >= 0.3 is 0 Å². The van der Waals surface area contributed by atoms with Crippen molar-refractivity contribution in [3.05, 3.63) is 24.3 Å². The number of hydrogen-bond acceptors (Lipinski definition) is 5. The molecule has 0 aromatic heterocycles. The number of hydrogen-bond donors (Lipinski definition) is 1. The third-order valence-corrected chi connectivity index (χ3v) is 8.64. The average Bonchev–Trinajstić information content (AvgIpc) is 3.13. The highest BCUT2D eigenvalue weighted by Gasteiger charge is 2.38. The second kappa shape index (κ2) is 9.58. The Bertz CT molecular complexity index is 830. The molecule has 3 aliphatic rings. The van der Waals surface area contributed by atoms with E-state index in [1.807, 2.05) is 17.0 Å². The number of anilines is 2. The third kappa shape index (κ3) is 5.10. The van der Waals surface area contributed by atoms with Crippen LogP contribution < -0.4 is 10.2 Å². The van der Waals surface area contributed by atoms with E-state index < -0.39 is 9.84 Å². The van der Waals surface area contributed by atoms with E-state index in [4.69, 9.17) is 0 Å². The number of nitrogens with zero attached hydrogens (tertiary/aromatic N) is 2. The first-order valence-corrected chi connectivity index (χ1v) is 13.4. The van der Waals surface area contributed by atoms with Gasteiger partial charge in [0.05, 0.1) is 29.4 Å². The summed E-state index contributed by atoms with van der Waals surface area (Å²) in [7, 11) is -3.02. The van der Waals surface area contributed by atoms with Crippen LogP contribution in [0.5, 0.6) is 0 Å². The van der Waals surface area contributed by atoms with Crippen LogP contribution in [0.3, 0.4) is 0 Å². The molecule has 30 heavy (non-hydrogen) atoms. The molecule has 1 N–H and O–H groups in total. The van der Waals surface area contributed by atoms with Gasteiger partial charge in [-0.2, -0.15) is 0 Å². The highest BCUT2D eigenvalue weighted by molar-refractivity contribution is 7.91. The van der Waals surface area contributed by atoms with Crippen LogP contribution in [0.15, 0.2) is 24.3 Å². The summed E-state index contributed by atoms with van der Waals surface area (Å²) in [5.41, 5.74) is 2.16. The fourth-order valence-corrected chi connectivity index (χ4v) is 7.07. The van der Waals surface area contributed by atoms with Crippen molar-refractivity contribution in [1.82, 2.24) is 4.90 Å². The molecule has 0 radical (unpaired) electrons. The highest BCUT2D eigenvalue weighted by Crippen LogP contribution is 2.30. The van der Waals surface area contributed by atoms with Gasteiger partial charge in [0.15, 0.2) is 9.84 Å². The molecule has 2 saturated heterocycles. The van der Waals surface area contributed by atoms with E-state index in [9.17, 15) is 13.2 Å². The van der Waals surface area contributed by atoms with Crippen molar-refractivity contribution >= 4 is 27.1 Å². The van der Waals surface area contributed by atoms with Crippen LogP contribution in [0.4, 0.5) is 11.4 Å². The molecular formula is C23H35N3O3S. The lowest BCUT2D eigenvalue weighted by atomic mass is 9.93. The molecule has 2 heterocycles. The summed E-state index contributed by atoms with van der Waals surface area (Å²) in [5.74, 6) is 0.372. The number of amides is 1. The number of piperidine rings is 1. The molecule has 7 heteroatoms. The van der Waals surface area contributed by atoms with Crippen LogP contribution >= 0.6 is 0 Å². The summed E-state index contributed by atoms with van der Waals surface area (Å²) in [5, 5.41) is 3.39. The molecule has 1 atom stereocenters. The van der Waals surface area contributed by atoms with Crippen molar-refractivity contribution in [1.29, 1.82) is 0 Å². The van der Waals surface area contributed by atoms with Crippen LogP contribution in [0.1, 0.15) is 57.8 Å². The molecule has 1 aliphatic carbocycles. The standard InChI is InChI=1S/C23H35N3O3S/c27-23(17-24-21-11-5-6-12-22(21)25-14-7-2-8-15-25)26(19-9-3-1-4-10-19)20-13-16-30(28,29)18-20/h5-6,11-12,19-20,24H,1-4,7-10,13-18H2/t20-/m1/s1. The molecule has 1 aromatic carbocycles. The van der Waals surface area contributed by atoms with Crippen LogP contribution in [-0.4, -0.2) is 62.4 Å². The number of benzene rings is 1. The number of rotatable bonds is 6. The monoisotopic (exact) mass is 433 g/mol. The van der Waals surface area contributed by atoms with E-state index in [2.05, 4.69) is 22.3 Å². The third-order valence-electron chi connectivity index (χ3n) is 6.89. The first kappa shape index (κ1) is 21.5. The predicted octanol–water partition coefficient (Wildman–Crippen LogP) is 3.44. The summed E-state index contributed by atoms with van der Waals surface area (Å²) < 4.78 is 24.2. The Morgan fingerprint density at radius 2 is 1.67 bits per heavy atom. The average molecular weight is 434 g/mol. The van der Waals surface area contributed by atoms with Crippen molar-refractivity contribution in [2.24, 2.45) is 0 Å². The molecule has 4 rings (SSSR count). The molecule has 1 saturated carbocycles. The van der Waals surface area contributed by atoms with E-state index in [-0.39, 0.29) is 36.0 Å². The van der Waals surface area contributed by atoms with Crippen LogP contribution in [0, 0.1) is 0 Å². The van der Waals surface area contributed by atoms with Gasteiger partial charge < -0.3 is 15.1 Å². The summed E-state index contributed by atoms with van der Waals surface area (Å²) in [6, 6.07) is 8.24. The van der Waals surface area contributed by atoms with Gasteiger partial charge in [0.1, 0.15) is 0 Å². The summed E-state index contributed by atoms with van der Waals surface area (Å²) in [6.45, 7) is 2.33. The minimum Gasteiger partial charge on any atom is -0.374 e. The Labute approximate surface area is 180 Å². The van der Waals surface area contributed by atoms with Gasteiger partial charge in [-0.3, -0.25) is 4.79 Å². The Morgan fingerprint density at radius 1 is 0.967 bits per heavy atom. The van der Waals surface area contributed by atoms with Crippen molar-refractivity contribution in [2.75, 3.05) is 41.4 Å². The SMILES string of the molecule is O=C(CNc1ccccc1N1CCCCC1)N(C1CCCCC1)[C@@H]1CCS(=O)(=O)C1. The van der Waals surface area contributed by atoms with Crippen molar-refractivity contribution < 1.29 is 13.2 Å². The lowest BCUT2D eigenvalue weighted by Gasteiger charge is -2.38. The van der Waals surface area contributed by atoms with Crippen LogP contribution in [-0.2, 0) is 14.6 Å². The summed E-state index contributed by atoms with van der Waals surface area (Å²) in [6.07, 6.45) is 9.72. The number of sulfone groups is 1. The topological polar surface area (TPSA) is 69.7 Å². The predicted molar refractivity (Wildman–Crippen MR) is 122 cm³/mol. The van der Waals surface area contributed by atoms with Crippen LogP contribution in [0.25, 0.3) is 0 Å². The van der Waals surface area contributed by atoms with Gasteiger partial charge in [-0.05, 0) is 50.7 Å². The largest absolute Gasteiger partial charge is 0.374 e. The first-order chi connectivity index (χ1) is 14.5. The minimum absolute atomic E-state index is 0.0393. The van der Waals surface area contributed by atoms with Crippen LogP contribution in [0.2, 0.25) is 0 Å². The normalized spacial score (nSPS) is 24.5. The molecule has 1 aromatic rings. The van der Waals surface area contributed by atoms with Crippen molar-refractivity contribution in [3.8, 4) is 0 Å². The van der Waals surface area contributed by atoms with Gasteiger partial charge in [-0.25, -0.2) is 8.42 Å². The van der Waals surface area contributed by atoms with Gasteiger partial charge in [-0.15, -0.1) is 0 Å². The number of carbonyl (C=O) groups excluding carboxylic acids is 1. The zero-order valence-corrected chi connectivity index (χ0v) is 18.7. The van der Waals surface area contributed by atoms with Gasteiger partial charge in [0.2, 0.25) is 5.91 Å². The lowest BCUT2D eigenvalue weighted by molar-refractivity contribution is -0.134. The fraction of sp³-hybridized carbons (Fsp3) is 0.696. The molecular weight excluding hydrogens is 398 g/mol. The Balaban J connectivity index is 1.46. The maximum atomic E-state index is 13.4. The fourth-order valence-electron chi connectivity index (χ4n) is 5.36. The molecule has 3 fully saturated rings. The maximum absolute atomic E-state index is 13.4. The first-order valence-electron chi connectivity index (χ1n) is 11.6. The zero-order valence-electron chi connectivity index (χ0n) is 17.9. The summed E-state index contributed by atoms with van der Waals surface area (Å²) >= 11 is 0. The second-order valence-corrected chi connectivity index (χ2v) is 11.3. The molecule has 2 aliphatic heterocycles. The van der Waals surface area contributed by atoms with E-state index in [1.165, 1.54) is 25.7 Å². The summed E-state index contributed by atoms with van der Waals surface area (Å²) in [4.78, 5) is 17.7. The second-order valence-electron chi connectivity index (χ2n) is 9.07. The van der Waals surface area contributed by atoms with E-state index in [1.54, 1.807) is 0 Å². The maximum Gasteiger partial charge on any atom is 0.242 e. The quantitative estimate of drug-likeness (QED) is 0.744. The Kier molecular flexibility index (Phi) is 6.86. The molecule has 0 unspecified atom stereocenters. The van der Waals surface area contributed by atoms with Crippen molar-refractivity contribution in [3.63, 3.8) is 0 Å². The van der Waals surface area contributed by atoms with Gasteiger partial charge in [-0.1, -0.05) is 31.4 Å². The van der Waals surface area contributed by atoms with E-state index in [0.29, 0.717) is 6.42 Å². The minimum atomic E-state index is -3.02. The molecule has 6 nitrogen and oxygen atoms in total. The van der Waals surface area contributed by atoms with E-state index in [0.717, 1.165) is 50.1 Å². The van der Waals surface area contributed by atoms with Gasteiger partial charge in [0, 0.05) is 25.2 Å². The molecule has 0 spiro atoms. The zero-order chi connectivity index (χ0) is 21.0. The van der Waals surface area contributed by atoms with Gasteiger partial charge in [0.25, 0.3) is 0 Å². The Morgan fingerprint density at radius 3 is 2.37 bits per heavy atom. The number of para-hydroxylation sites is 2. The lowest BCUT2D eigenvalue weighted by Crippen LogP contribution is -2.50. The molecule has 0 bridgehead atoms. The number of nitrogens with one attached hydrogen (secondary N) is 1. The highest BCUT2D eigenvalue weighted by atomic mass is 32.2. The smallest absolute Gasteiger partial charge is 0.242 e. The van der Waals surface area contributed by atoms with Crippen molar-refractivity contribution in [2.45, 2.75) is 69.9 Å². The molecule has 166 valence electrons. The Hall–Kier alpha value is -1.76.